The van der Waals surface area contributed by atoms with Crippen LogP contribution < -0.4 is 16.2 Å². The summed E-state index contributed by atoms with van der Waals surface area (Å²) in [5.74, 6) is -0.00920. The quantitative estimate of drug-likeness (QED) is 0.779. The predicted molar refractivity (Wildman–Crippen MR) is 103 cm³/mol. The van der Waals surface area contributed by atoms with Crippen LogP contribution in [0.25, 0.3) is 0 Å². The van der Waals surface area contributed by atoms with Crippen LogP contribution in [-0.4, -0.2) is 36.6 Å². The average Bonchev–Trinajstić information content (AvgIpc) is 2.73. The summed E-state index contributed by atoms with van der Waals surface area (Å²) >= 11 is 0. The molecule has 1 aromatic heterocycles. The normalized spacial score (nSPS) is 20.2. The highest BCUT2D eigenvalue weighted by atomic mass is 16.5. The lowest BCUT2D eigenvalue weighted by molar-refractivity contribution is 0.0600. The maximum absolute atomic E-state index is 12.9. The third kappa shape index (κ3) is 3.45. The Balaban J connectivity index is 1.48. The first-order chi connectivity index (χ1) is 13.6. The van der Waals surface area contributed by atoms with Crippen LogP contribution in [0.15, 0.2) is 41.2 Å². The molecule has 146 valence electrons. The number of hydrogen-bond donors (Lipinski definition) is 2. The standard InChI is InChI=1S/C21H23N3O4/c1-28-21(27)15-4-2-13(3-5-15)10-23-19(25)17-6-7-18-16-8-14(9-22-11-16)12-24(18)20(17)26/h2-7,14,16,22H,8-12H2,1H3,(H,23,25)/t14-,16+/m0/s1. The van der Waals surface area contributed by atoms with Crippen molar-refractivity contribution in [3.05, 3.63) is 69.1 Å². The van der Waals surface area contributed by atoms with Gasteiger partial charge in [0.25, 0.3) is 11.5 Å². The second-order valence-electron chi connectivity index (χ2n) is 7.42. The Morgan fingerprint density at radius 1 is 1.18 bits per heavy atom. The molecule has 4 rings (SSSR count). The van der Waals surface area contributed by atoms with Crippen LogP contribution in [0.2, 0.25) is 0 Å². The third-order valence-electron chi connectivity index (χ3n) is 5.58. The van der Waals surface area contributed by atoms with Gasteiger partial charge in [0.2, 0.25) is 0 Å². The van der Waals surface area contributed by atoms with E-state index >= 15 is 0 Å². The lowest BCUT2D eigenvalue weighted by Gasteiger charge is -2.37. The number of amides is 1. The Labute approximate surface area is 162 Å². The number of rotatable bonds is 4. The largest absolute Gasteiger partial charge is 0.465 e. The molecule has 1 saturated heterocycles. The average molecular weight is 381 g/mol. The number of pyridine rings is 1. The number of esters is 1. The Kier molecular flexibility index (Phi) is 5.00. The van der Waals surface area contributed by atoms with E-state index in [1.165, 1.54) is 7.11 Å². The first-order valence-corrected chi connectivity index (χ1v) is 9.46. The molecule has 2 aromatic rings. The molecule has 7 nitrogen and oxygen atoms in total. The topological polar surface area (TPSA) is 89.4 Å². The van der Waals surface area contributed by atoms with Crippen molar-refractivity contribution in [3.63, 3.8) is 0 Å². The minimum Gasteiger partial charge on any atom is -0.465 e. The molecule has 2 atom stereocenters. The monoisotopic (exact) mass is 381 g/mol. The number of ether oxygens (including phenoxy) is 1. The summed E-state index contributed by atoms with van der Waals surface area (Å²) in [6, 6.07) is 10.3. The summed E-state index contributed by atoms with van der Waals surface area (Å²) in [6.07, 6.45) is 1.10. The van der Waals surface area contributed by atoms with E-state index in [9.17, 15) is 14.4 Å². The zero-order chi connectivity index (χ0) is 19.7. The summed E-state index contributed by atoms with van der Waals surface area (Å²) in [5.41, 5.74) is 2.25. The molecule has 2 aliphatic heterocycles. The summed E-state index contributed by atoms with van der Waals surface area (Å²) < 4.78 is 6.45. The van der Waals surface area contributed by atoms with E-state index < -0.39 is 5.97 Å². The first-order valence-electron chi connectivity index (χ1n) is 9.46. The van der Waals surface area contributed by atoms with E-state index in [-0.39, 0.29) is 23.6 Å². The van der Waals surface area contributed by atoms with Gasteiger partial charge >= 0.3 is 5.97 Å². The van der Waals surface area contributed by atoms with Crippen LogP contribution in [-0.2, 0) is 17.8 Å². The molecular formula is C21H23N3O4. The van der Waals surface area contributed by atoms with E-state index in [0.717, 1.165) is 30.8 Å². The minimum atomic E-state index is -0.405. The van der Waals surface area contributed by atoms with Gasteiger partial charge in [-0.15, -0.1) is 0 Å². The van der Waals surface area contributed by atoms with Crippen LogP contribution in [0.4, 0.5) is 0 Å². The number of piperidine rings is 1. The maximum Gasteiger partial charge on any atom is 0.337 e. The third-order valence-corrected chi connectivity index (χ3v) is 5.58. The maximum atomic E-state index is 12.9. The van der Waals surface area contributed by atoms with Crippen LogP contribution in [0.5, 0.6) is 0 Å². The van der Waals surface area contributed by atoms with E-state index in [4.69, 9.17) is 0 Å². The van der Waals surface area contributed by atoms with E-state index in [2.05, 4.69) is 15.4 Å². The fourth-order valence-corrected chi connectivity index (χ4v) is 4.12. The van der Waals surface area contributed by atoms with Gasteiger partial charge in [0.05, 0.1) is 12.7 Å². The molecule has 0 spiro atoms. The molecule has 0 radical (unpaired) electrons. The van der Waals surface area contributed by atoms with Crippen molar-refractivity contribution < 1.29 is 14.3 Å². The zero-order valence-corrected chi connectivity index (χ0v) is 15.7. The van der Waals surface area contributed by atoms with Crippen molar-refractivity contribution >= 4 is 11.9 Å². The summed E-state index contributed by atoms with van der Waals surface area (Å²) in [4.78, 5) is 36.9. The number of benzene rings is 1. The van der Waals surface area contributed by atoms with Crippen molar-refractivity contribution in [1.29, 1.82) is 0 Å². The van der Waals surface area contributed by atoms with Crippen molar-refractivity contribution in [2.24, 2.45) is 5.92 Å². The number of carbonyl (C=O) groups excluding carboxylic acids is 2. The molecule has 0 saturated carbocycles. The van der Waals surface area contributed by atoms with Gasteiger partial charge in [-0.05, 0) is 48.7 Å². The Morgan fingerprint density at radius 3 is 2.71 bits per heavy atom. The second kappa shape index (κ2) is 7.59. The van der Waals surface area contributed by atoms with Gasteiger partial charge in [-0.25, -0.2) is 4.79 Å². The Bertz CT molecular complexity index is 965. The van der Waals surface area contributed by atoms with Crippen LogP contribution in [0, 0.1) is 5.92 Å². The van der Waals surface area contributed by atoms with Crippen LogP contribution in [0.1, 0.15) is 44.3 Å². The van der Waals surface area contributed by atoms with E-state index in [0.29, 0.717) is 23.9 Å². The smallest absolute Gasteiger partial charge is 0.337 e. The van der Waals surface area contributed by atoms with Crippen molar-refractivity contribution in [1.82, 2.24) is 15.2 Å². The number of carbonyl (C=O) groups is 2. The van der Waals surface area contributed by atoms with E-state index in [1.807, 2.05) is 6.07 Å². The fraction of sp³-hybridized carbons (Fsp3) is 0.381. The molecular weight excluding hydrogens is 358 g/mol. The van der Waals surface area contributed by atoms with Gasteiger partial charge in [-0.1, -0.05) is 12.1 Å². The van der Waals surface area contributed by atoms with Crippen molar-refractivity contribution in [2.45, 2.75) is 25.4 Å². The predicted octanol–water partition coefficient (Wildman–Crippen LogP) is 1.27. The highest BCUT2D eigenvalue weighted by molar-refractivity contribution is 5.93. The molecule has 2 N–H and O–H groups in total. The molecule has 2 aliphatic rings. The number of methoxy groups -OCH3 is 1. The molecule has 1 amide bonds. The summed E-state index contributed by atoms with van der Waals surface area (Å²) in [7, 11) is 1.33. The lowest BCUT2D eigenvalue weighted by atomic mass is 9.84. The minimum absolute atomic E-state index is 0.169. The molecule has 1 aromatic carbocycles. The van der Waals surface area contributed by atoms with Crippen molar-refractivity contribution in [2.75, 3.05) is 20.2 Å². The van der Waals surface area contributed by atoms with Gasteiger partial charge in [-0.3, -0.25) is 9.59 Å². The van der Waals surface area contributed by atoms with Crippen molar-refractivity contribution in [3.8, 4) is 0 Å². The molecule has 7 heteroatoms. The molecule has 1 fully saturated rings. The highest BCUT2D eigenvalue weighted by Crippen LogP contribution is 2.31. The SMILES string of the molecule is COC(=O)c1ccc(CNC(=O)c2ccc3n(c2=O)C[C@@H]2CNC[C@H]3C2)cc1. The summed E-state index contributed by atoms with van der Waals surface area (Å²) in [5, 5.41) is 6.21. The molecule has 0 aliphatic carbocycles. The fourth-order valence-electron chi connectivity index (χ4n) is 4.12. The van der Waals surface area contributed by atoms with Gasteiger partial charge in [0.1, 0.15) is 5.56 Å². The highest BCUT2D eigenvalue weighted by Gasteiger charge is 2.31. The summed E-state index contributed by atoms with van der Waals surface area (Å²) in [6.45, 7) is 2.73. The second-order valence-corrected chi connectivity index (χ2v) is 7.42. The van der Waals surface area contributed by atoms with E-state index in [1.54, 1.807) is 34.9 Å². The number of hydrogen-bond acceptors (Lipinski definition) is 5. The first kappa shape index (κ1) is 18.4. The zero-order valence-electron chi connectivity index (χ0n) is 15.7. The molecule has 2 bridgehead atoms. The van der Waals surface area contributed by atoms with Gasteiger partial charge in [0, 0.05) is 31.2 Å². The van der Waals surface area contributed by atoms with Crippen LogP contribution in [0.3, 0.4) is 0 Å². The van der Waals surface area contributed by atoms with Gasteiger partial charge in [0.15, 0.2) is 0 Å². The molecule has 3 heterocycles. The Morgan fingerprint density at radius 2 is 1.96 bits per heavy atom. The van der Waals surface area contributed by atoms with Gasteiger partial charge in [-0.2, -0.15) is 0 Å². The van der Waals surface area contributed by atoms with Gasteiger partial charge < -0.3 is 19.9 Å². The number of fused-ring (bicyclic) bond motifs is 4. The van der Waals surface area contributed by atoms with Crippen LogP contribution >= 0.6 is 0 Å². The lowest BCUT2D eigenvalue weighted by Crippen LogP contribution is -2.46. The molecule has 28 heavy (non-hydrogen) atoms. The number of aromatic nitrogens is 1. The number of nitrogens with one attached hydrogen (secondary N) is 2. The number of nitrogens with zero attached hydrogens (tertiary/aromatic N) is 1. The Hall–Kier alpha value is -2.93. The molecule has 0 unspecified atom stereocenters.